The molecule has 0 aromatic rings. The van der Waals surface area contributed by atoms with E-state index >= 15 is 0 Å². The minimum atomic E-state index is -3.63. The van der Waals surface area contributed by atoms with Gasteiger partial charge in [-0.2, -0.15) is 17.0 Å². The summed E-state index contributed by atoms with van der Waals surface area (Å²) < 4.78 is 27.8. The Balaban J connectivity index is 2.23. The molecule has 0 amide bonds. The number of aliphatic carboxylic acids is 1. The van der Waals surface area contributed by atoms with Gasteiger partial charge in [-0.25, -0.2) is 0 Å². The molecule has 2 saturated heterocycles. The van der Waals surface area contributed by atoms with Gasteiger partial charge in [0.25, 0.3) is 10.2 Å². The third-order valence-electron chi connectivity index (χ3n) is 4.08. The van der Waals surface area contributed by atoms with Gasteiger partial charge in [0.05, 0.1) is 0 Å². The number of piperidine rings is 2. The fourth-order valence-corrected chi connectivity index (χ4v) is 4.98. The van der Waals surface area contributed by atoms with Gasteiger partial charge in [-0.05, 0) is 31.6 Å². The van der Waals surface area contributed by atoms with Crippen LogP contribution in [0, 0.1) is 5.92 Å². The van der Waals surface area contributed by atoms with Crippen molar-refractivity contribution in [1.29, 1.82) is 0 Å². The fraction of sp³-hybridized carbons (Fsp3) is 0.917. The van der Waals surface area contributed by atoms with E-state index in [9.17, 15) is 18.3 Å². The van der Waals surface area contributed by atoms with Crippen LogP contribution in [0.4, 0.5) is 0 Å². The summed E-state index contributed by atoms with van der Waals surface area (Å²) in [5.74, 6) is -1.17. The summed E-state index contributed by atoms with van der Waals surface area (Å²) in [5, 5.41) is 9.32. The molecule has 7 heteroatoms. The zero-order chi connectivity index (χ0) is 14.0. The Hall–Kier alpha value is -0.660. The minimum absolute atomic E-state index is 0.134. The van der Waals surface area contributed by atoms with Crippen LogP contribution >= 0.6 is 0 Å². The van der Waals surface area contributed by atoms with Crippen molar-refractivity contribution in [3.63, 3.8) is 0 Å². The molecule has 2 unspecified atom stereocenters. The molecule has 2 rings (SSSR count). The molecule has 2 aliphatic heterocycles. The van der Waals surface area contributed by atoms with Gasteiger partial charge in [0.1, 0.15) is 6.04 Å². The van der Waals surface area contributed by atoms with E-state index in [1.54, 1.807) is 0 Å². The predicted molar refractivity (Wildman–Crippen MR) is 70.9 cm³/mol. The van der Waals surface area contributed by atoms with Gasteiger partial charge >= 0.3 is 5.97 Å². The van der Waals surface area contributed by atoms with E-state index in [-0.39, 0.29) is 5.92 Å². The maximum atomic E-state index is 12.6. The van der Waals surface area contributed by atoms with Crippen LogP contribution in [0.5, 0.6) is 0 Å². The first-order valence-corrected chi connectivity index (χ1v) is 8.34. The molecule has 110 valence electrons. The second-order valence-electron chi connectivity index (χ2n) is 5.48. The fourth-order valence-electron chi connectivity index (χ4n) is 3.02. The summed E-state index contributed by atoms with van der Waals surface area (Å²) in [6, 6.07) is -0.916. The summed E-state index contributed by atoms with van der Waals surface area (Å²) >= 11 is 0. The van der Waals surface area contributed by atoms with Crippen molar-refractivity contribution < 1.29 is 18.3 Å². The number of rotatable bonds is 3. The molecule has 19 heavy (non-hydrogen) atoms. The van der Waals surface area contributed by atoms with Crippen LogP contribution in [0.15, 0.2) is 0 Å². The molecule has 0 saturated carbocycles. The largest absolute Gasteiger partial charge is 0.480 e. The van der Waals surface area contributed by atoms with E-state index in [2.05, 4.69) is 0 Å². The van der Waals surface area contributed by atoms with Crippen molar-refractivity contribution >= 4 is 16.2 Å². The molecule has 0 aliphatic carbocycles. The summed E-state index contributed by atoms with van der Waals surface area (Å²) in [6.45, 7) is 3.16. The molecule has 2 heterocycles. The quantitative estimate of drug-likeness (QED) is 0.838. The molecule has 0 bridgehead atoms. The van der Waals surface area contributed by atoms with E-state index in [0.717, 1.165) is 32.1 Å². The van der Waals surface area contributed by atoms with Crippen LogP contribution in [0.1, 0.15) is 39.0 Å². The first-order chi connectivity index (χ1) is 8.94. The van der Waals surface area contributed by atoms with Crippen molar-refractivity contribution in [1.82, 2.24) is 8.61 Å². The zero-order valence-corrected chi connectivity index (χ0v) is 12.1. The Labute approximate surface area is 114 Å². The number of hydrogen-bond acceptors (Lipinski definition) is 3. The van der Waals surface area contributed by atoms with Crippen LogP contribution in [-0.2, 0) is 15.0 Å². The van der Waals surface area contributed by atoms with Gasteiger partial charge < -0.3 is 5.11 Å². The molecule has 0 spiro atoms. The lowest BCUT2D eigenvalue weighted by Crippen LogP contribution is -2.56. The third-order valence-corrected chi connectivity index (χ3v) is 6.10. The highest BCUT2D eigenvalue weighted by atomic mass is 32.2. The van der Waals surface area contributed by atoms with Crippen molar-refractivity contribution in [2.75, 3.05) is 19.6 Å². The number of carbonyl (C=O) groups is 1. The standard InChI is InChI=1S/C12H22N2O4S/c1-10-6-5-9-14(11(10)12(15)16)19(17,18)13-7-3-2-4-8-13/h10-11H,2-9H2,1H3,(H,15,16). The van der Waals surface area contributed by atoms with Gasteiger partial charge in [-0.3, -0.25) is 4.79 Å². The van der Waals surface area contributed by atoms with Crippen LogP contribution in [-0.4, -0.2) is 53.8 Å². The van der Waals surface area contributed by atoms with E-state index in [4.69, 9.17) is 0 Å². The highest BCUT2D eigenvalue weighted by Crippen LogP contribution is 2.28. The molecule has 2 atom stereocenters. The molecule has 6 nitrogen and oxygen atoms in total. The van der Waals surface area contributed by atoms with Gasteiger partial charge in [-0.1, -0.05) is 13.3 Å². The van der Waals surface area contributed by atoms with Gasteiger partial charge in [0.15, 0.2) is 0 Å². The van der Waals surface area contributed by atoms with Crippen molar-refractivity contribution in [3.05, 3.63) is 0 Å². The van der Waals surface area contributed by atoms with Crippen molar-refractivity contribution in [3.8, 4) is 0 Å². The lowest BCUT2D eigenvalue weighted by Gasteiger charge is -2.39. The van der Waals surface area contributed by atoms with Crippen LogP contribution in [0.3, 0.4) is 0 Å². The monoisotopic (exact) mass is 290 g/mol. The molecule has 2 fully saturated rings. The molecule has 2 aliphatic rings. The molecule has 0 aromatic carbocycles. The maximum Gasteiger partial charge on any atom is 0.322 e. The van der Waals surface area contributed by atoms with Crippen LogP contribution in [0.25, 0.3) is 0 Å². The Morgan fingerprint density at radius 3 is 2.32 bits per heavy atom. The van der Waals surface area contributed by atoms with Crippen molar-refractivity contribution in [2.45, 2.75) is 45.1 Å². The number of hydrogen-bond donors (Lipinski definition) is 1. The lowest BCUT2D eigenvalue weighted by molar-refractivity contribution is -0.144. The smallest absolute Gasteiger partial charge is 0.322 e. The molecular formula is C12H22N2O4S. The first-order valence-electron chi connectivity index (χ1n) is 6.94. The molecule has 1 N–H and O–H groups in total. The first kappa shape index (κ1) is 14.7. The summed E-state index contributed by atoms with van der Waals surface area (Å²) in [5.41, 5.74) is 0. The number of carboxylic acids is 1. The molecule has 0 aromatic heterocycles. The average Bonchev–Trinajstić information content (AvgIpc) is 2.39. The Morgan fingerprint density at radius 1 is 1.11 bits per heavy atom. The van der Waals surface area contributed by atoms with E-state index in [1.807, 2.05) is 6.92 Å². The van der Waals surface area contributed by atoms with Gasteiger partial charge in [0, 0.05) is 19.6 Å². The average molecular weight is 290 g/mol. The minimum Gasteiger partial charge on any atom is -0.480 e. The SMILES string of the molecule is CC1CCCN(S(=O)(=O)N2CCCCC2)C1C(=O)O. The zero-order valence-electron chi connectivity index (χ0n) is 11.3. The van der Waals surface area contributed by atoms with E-state index in [0.29, 0.717) is 19.6 Å². The Bertz CT molecular complexity index is 431. The summed E-state index contributed by atoms with van der Waals surface area (Å²) in [4.78, 5) is 11.4. The summed E-state index contributed by atoms with van der Waals surface area (Å²) in [7, 11) is -3.63. The van der Waals surface area contributed by atoms with Crippen LogP contribution < -0.4 is 0 Å². The normalized spacial score (nSPS) is 31.2. The Kier molecular flexibility index (Phi) is 4.47. The second-order valence-corrected chi connectivity index (χ2v) is 7.36. The lowest BCUT2D eigenvalue weighted by atomic mass is 9.93. The van der Waals surface area contributed by atoms with Gasteiger partial charge in [-0.15, -0.1) is 0 Å². The number of nitrogens with zero attached hydrogens (tertiary/aromatic N) is 2. The second kappa shape index (κ2) is 5.76. The van der Waals surface area contributed by atoms with Crippen LogP contribution in [0.2, 0.25) is 0 Å². The predicted octanol–water partition coefficient (Wildman–Crippen LogP) is 0.902. The highest BCUT2D eigenvalue weighted by molar-refractivity contribution is 7.86. The topological polar surface area (TPSA) is 77.9 Å². The molecular weight excluding hydrogens is 268 g/mol. The molecule has 0 radical (unpaired) electrons. The van der Waals surface area contributed by atoms with E-state index < -0.39 is 22.2 Å². The van der Waals surface area contributed by atoms with Gasteiger partial charge in [0.2, 0.25) is 0 Å². The number of carboxylic acid groups (broad SMARTS) is 1. The summed E-state index contributed by atoms with van der Waals surface area (Å²) in [6.07, 6.45) is 4.27. The van der Waals surface area contributed by atoms with E-state index in [1.165, 1.54) is 8.61 Å². The maximum absolute atomic E-state index is 12.6. The Morgan fingerprint density at radius 2 is 1.74 bits per heavy atom. The van der Waals surface area contributed by atoms with Crippen molar-refractivity contribution in [2.24, 2.45) is 5.92 Å². The third kappa shape index (κ3) is 2.93. The highest BCUT2D eigenvalue weighted by Gasteiger charge is 2.43.